The first-order valence-electron chi connectivity index (χ1n) is 6.03. The number of H-pyrrole nitrogens is 1. The molecule has 0 bridgehead atoms. The van der Waals surface area contributed by atoms with Crippen molar-refractivity contribution >= 4 is 10.9 Å². The molecule has 1 saturated heterocycles. The van der Waals surface area contributed by atoms with E-state index in [1.807, 2.05) is 19.1 Å². The molecular weight excluding hydrogens is 217 g/mol. The average Bonchev–Trinajstić information content (AvgIpc) is 2.76. The predicted octanol–water partition coefficient (Wildman–Crippen LogP) is 2.42. The summed E-state index contributed by atoms with van der Waals surface area (Å²) >= 11 is 0. The Morgan fingerprint density at radius 2 is 2.29 bits per heavy atom. The monoisotopic (exact) mass is 233 g/mol. The van der Waals surface area contributed by atoms with Crippen molar-refractivity contribution in [3.63, 3.8) is 0 Å². The third-order valence-corrected chi connectivity index (χ3v) is 3.60. The van der Waals surface area contributed by atoms with E-state index in [1.54, 1.807) is 6.20 Å². The maximum absolute atomic E-state index is 14.9. The molecule has 1 fully saturated rings. The molecule has 1 aromatic heterocycles. The second kappa shape index (κ2) is 3.81. The zero-order valence-electron chi connectivity index (χ0n) is 9.89. The van der Waals surface area contributed by atoms with Gasteiger partial charge in [0.05, 0.1) is 11.7 Å². The third kappa shape index (κ3) is 1.72. The second-order valence-corrected chi connectivity index (χ2v) is 4.87. The summed E-state index contributed by atoms with van der Waals surface area (Å²) < 4.78 is 14.9. The molecule has 3 nitrogen and oxygen atoms in total. The van der Waals surface area contributed by atoms with Crippen LogP contribution in [-0.2, 0) is 5.67 Å². The van der Waals surface area contributed by atoms with Crippen LogP contribution in [0.2, 0.25) is 0 Å². The summed E-state index contributed by atoms with van der Waals surface area (Å²) in [6, 6.07) is 3.91. The van der Waals surface area contributed by atoms with Crippen LogP contribution in [0.1, 0.15) is 24.0 Å². The lowest BCUT2D eigenvalue weighted by Crippen LogP contribution is -2.40. The number of aryl methyl sites for hydroxylation is 1. The highest BCUT2D eigenvalue weighted by Gasteiger charge is 2.35. The Bertz CT molecular complexity index is 541. The molecule has 0 radical (unpaired) electrons. The number of nitrogens with zero attached hydrogens (tertiary/aromatic N) is 1. The quantitative estimate of drug-likeness (QED) is 0.794. The van der Waals surface area contributed by atoms with E-state index in [4.69, 9.17) is 0 Å². The van der Waals surface area contributed by atoms with E-state index >= 15 is 0 Å². The zero-order chi connectivity index (χ0) is 11.9. The minimum absolute atomic E-state index is 0.410. The summed E-state index contributed by atoms with van der Waals surface area (Å²) in [4.78, 5) is 0. The Morgan fingerprint density at radius 3 is 3.06 bits per heavy atom. The summed E-state index contributed by atoms with van der Waals surface area (Å²) in [6.07, 6.45) is 3.26. The van der Waals surface area contributed by atoms with Gasteiger partial charge in [-0.05, 0) is 49.6 Å². The van der Waals surface area contributed by atoms with Crippen LogP contribution in [0.15, 0.2) is 18.3 Å². The molecule has 0 amide bonds. The average molecular weight is 233 g/mol. The normalized spacial score (nSPS) is 25.3. The number of hydrogen-bond donors (Lipinski definition) is 2. The summed E-state index contributed by atoms with van der Waals surface area (Å²) in [6.45, 7) is 3.29. The fourth-order valence-corrected chi connectivity index (χ4v) is 2.69. The van der Waals surface area contributed by atoms with Crippen LogP contribution < -0.4 is 5.32 Å². The molecule has 1 aliphatic heterocycles. The summed E-state index contributed by atoms with van der Waals surface area (Å²) in [5.74, 6) is 0. The highest BCUT2D eigenvalue weighted by Crippen LogP contribution is 2.36. The molecule has 0 aliphatic carbocycles. The van der Waals surface area contributed by atoms with Gasteiger partial charge in [0.2, 0.25) is 0 Å². The number of benzene rings is 1. The minimum atomic E-state index is -1.23. The number of aromatic nitrogens is 2. The van der Waals surface area contributed by atoms with E-state index in [-0.39, 0.29) is 0 Å². The van der Waals surface area contributed by atoms with Gasteiger partial charge in [-0.25, -0.2) is 4.39 Å². The Balaban J connectivity index is 2.11. The molecule has 3 rings (SSSR count). The van der Waals surface area contributed by atoms with Crippen LogP contribution in [0.25, 0.3) is 10.9 Å². The lowest BCUT2D eigenvalue weighted by molar-refractivity contribution is 0.121. The Hall–Kier alpha value is -1.42. The number of hydrogen-bond acceptors (Lipinski definition) is 2. The first-order chi connectivity index (χ1) is 8.19. The van der Waals surface area contributed by atoms with Crippen molar-refractivity contribution in [2.45, 2.75) is 25.4 Å². The van der Waals surface area contributed by atoms with Gasteiger partial charge in [-0.2, -0.15) is 5.10 Å². The molecule has 2 N–H and O–H groups in total. The molecule has 2 aromatic rings. The fraction of sp³-hybridized carbons (Fsp3) is 0.462. The number of alkyl halides is 1. The standard InChI is InChI=1S/C13H16FN3/c1-9-5-10-7-16-17-12(10)6-11(9)13(14)3-2-4-15-8-13/h5-7,15H,2-4,8H2,1H3,(H,16,17). The molecule has 0 spiro atoms. The summed E-state index contributed by atoms with van der Waals surface area (Å²) in [5.41, 5.74) is 1.47. The van der Waals surface area contributed by atoms with Crippen molar-refractivity contribution in [2.24, 2.45) is 0 Å². The fourth-order valence-electron chi connectivity index (χ4n) is 2.69. The number of rotatable bonds is 1. The molecule has 1 aliphatic rings. The van der Waals surface area contributed by atoms with Gasteiger partial charge < -0.3 is 5.32 Å². The number of aromatic amines is 1. The molecule has 4 heteroatoms. The van der Waals surface area contributed by atoms with Crippen molar-refractivity contribution in [2.75, 3.05) is 13.1 Å². The number of nitrogens with one attached hydrogen (secondary N) is 2. The van der Waals surface area contributed by atoms with Gasteiger partial charge in [0, 0.05) is 11.9 Å². The Morgan fingerprint density at radius 1 is 1.41 bits per heavy atom. The number of piperidine rings is 1. The van der Waals surface area contributed by atoms with Crippen molar-refractivity contribution in [3.05, 3.63) is 29.5 Å². The Kier molecular flexibility index (Phi) is 2.40. The molecule has 1 aromatic carbocycles. The van der Waals surface area contributed by atoms with Gasteiger partial charge in [-0.3, -0.25) is 5.10 Å². The molecule has 17 heavy (non-hydrogen) atoms. The molecular formula is C13H16FN3. The maximum atomic E-state index is 14.9. The van der Waals surface area contributed by atoms with E-state index in [1.165, 1.54) is 0 Å². The highest BCUT2D eigenvalue weighted by molar-refractivity contribution is 5.80. The van der Waals surface area contributed by atoms with Gasteiger partial charge in [0.25, 0.3) is 0 Å². The maximum Gasteiger partial charge on any atom is 0.148 e. The van der Waals surface area contributed by atoms with E-state index in [9.17, 15) is 4.39 Å². The van der Waals surface area contributed by atoms with Crippen LogP contribution in [-0.4, -0.2) is 23.3 Å². The van der Waals surface area contributed by atoms with Crippen LogP contribution in [0.3, 0.4) is 0 Å². The molecule has 90 valence electrons. The van der Waals surface area contributed by atoms with E-state index in [0.29, 0.717) is 13.0 Å². The summed E-state index contributed by atoms with van der Waals surface area (Å²) in [7, 11) is 0. The largest absolute Gasteiger partial charge is 0.313 e. The van der Waals surface area contributed by atoms with Crippen molar-refractivity contribution in [1.82, 2.24) is 15.5 Å². The van der Waals surface area contributed by atoms with Crippen LogP contribution >= 0.6 is 0 Å². The van der Waals surface area contributed by atoms with E-state index < -0.39 is 5.67 Å². The van der Waals surface area contributed by atoms with E-state index in [2.05, 4.69) is 15.5 Å². The topological polar surface area (TPSA) is 40.7 Å². The van der Waals surface area contributed by atoms with Crippen molar-refractivity contribution in [3.8, 4) is 0 Å². The molecule has 2 heterocycles. The SMILES string of the molecule is Cc1cc2cn[nH]c2cc1C1(F)CCCNC1. The van der Waals surface area contributed by atoms with Crippen molar-refractivity contribution < 1.29 is 4.39 Å². The van der Waals surface area contributed by atoms with Crippen LogP contribution in [0, 0.1) is 6.92 Å². The van der Waals surface area contributed by atoms with Gasteiger partial charge >= 0.3 is 0 Å². The second-order valence-electron chi connectivity index (χ2n) is 4.87. The molecule has 1 atom stereocenters. The molecule has 1 unspecified atom stereocenters. The van der Waals surface area contributed by atoms with Gasteiger partial charge in [-0.1, -0.05) is 0 Å². The van der Waals surface area contributed by atoms with Gasteiger partial charge in [0.15, 0.2) is 0 Å². The van der Waals surface area contributed by atoms with Crippen LogP contribution in [0.4, 0.5) is 4.39 Å². The lowest BCUT2D eigenvalue weighted by Gasteiger charge is -2.31. The highest BCUT2D eigenvalue weighted by atomic mass is 19.1. The smallest absolute Gasteiger partial charge is 0.148 e. The molecule has 0 saturated carbocycles. The Labute approximate surface area is 99.4 Å². The summed E-state index contributed by atoms with van der Waals surface area (Å²) in [5, 5.41) is 11.1. The first-order valence-corrected chi connectivity index (χ1v) is 6.03. The third-order valence-electron chi connectivity index (χ3n) is 3.60. The van der Waals surface area contributed by atoms with Crippen molar-refractivity contribution in [1.29, 1.82) is 0 Å². The number of halogens is 1. The minimum Gasteiger partial charge on any atom is -0.313 e. The van der Waals surface area contributed by atoms with Crippen LogP contribution in [0.5, 0.6) is 0 Å². The first kappa shape index (κ1) is 10.7. The van der Waals surface area contributed by atoms with Gasteiger partial charge in [0.1, 0.15) is 5.67 Å². The zero-order valence-corrected chi connectivity index (χ0v) is 9.89. The van der Waals surface area contributed by atoms with E-state index in [0.717, 1.165) is 35.0 Å². The lowest BCUT2D eigenvalue weighted by atomic mass is 9.85. The predicted molar refractivity (Wildman–Crippen MR) is 65.7 cm³/mol. The number of fused-ring (bicyclic) bond motifs is 1. The van der Waals surface area contributed by atoms with Gasteiger partial charge in [-0.15, -0.1) is 0 Å².